The zero-order chi connectivity index (χ0) is 13.3. The molecule has 1 aromatic rings. The largest absolute Gasteiger partial charge is 0.416 e. The summed E-state index contributed by atoms with van der Waals surface area (Å²) in [5, 5.41) is 9.26. The Morgan fingerprint density at radius 3 is 2.35 bits per heavy atom. The van der Waals surface area contributed by atoms with E-state index in [2.05, 4.69) is 0 Å². The minimum absolute atomic E-state index is 0.305. The van der Waals surface area contributed by atoms with Gasteiger partial charge in [0, 0.05) is 0 Å². The van der Waals surface area contributed by atoms with Gasteiger partial charge < -0.3 is 5.11 Å². The molecule has 0 aliphatic heterocycles. The number of alkyl halides is 3. The summed E-state index contributed by atoms with van der Waals surface area (Å²) in [4.78, 5) is 0. The molecule has 17 heavy (non-hydrogen) atoms. The fourth-order valence-corrected chi connectivity index (χ4v) is 1.78. The van der Waals surface area contributed by atoms with Crippen molar-refractivity contribution in [3.8, 4) is 0 Å². The van der Waals surface area contributed by atoms with E-state index in [1.807, 2.05) is 0 Å². The predicted octanol–water partition coefficient (Wildman–Crippen LogP) is 2.04. The smallest absolute Gasteiger partial charge is 0.387 e. The SMILES string of the molecule is O=S(=O)(F)CC(O)c1cccc(C(F)(F)F)c1. The van der Waals surface area contributed by atoms with Gasteiger partial charge in [-0.3, -0.25) is 0 Å². The molecule has 0 amide bonds. The molecule has 0 aliphatic carbocycles. The molecule has 1 aromatic carbocycles. The zero-order valence-corrected chi connectivity index (χ0v) is 9.09. The Bertz CT molecular complexity index is 495. The van der Waals surface area contributed by atoms with E-state index in [1.165, 1.54) is 0 Å². The molecule has 1 N–H and O–H groups in total. The van der Waals surface area contributed by atoms with Gasteiger partial charge in [0.15, 0.2) is 0 Å². The molecule has 0 heterocycles. The quantitative estimate of drug-likeness (QED) is 0.676. The molecule has 3 nitrogen and oxygen atoms in total. The summed E-state index contributed by atoms with van der Waals surface area (Å²) in [5.41, 5.74) is -1.34. The normalized spacial score (nSPS) is 14.6. The highest BCUT2D eigenvalue weighted by Gasteiger charge is 2.31. The van der Waals surface area contributed by atoms with Crippen molar-refractivity contribution >= 4 is 10.2 Å². The average Bonchev–Trinajstić information content (AvgIpc) is 2.14. The third-order valence-corrected chi connectivity index (χ3v) is 2.67. The lowest BCUT2D eigenvalue weighted by Gasteiger charge is -2.11. The van der Waals surface area contributed by atoms with Crippen LogP contribution in [0.5, 0.6) is 0 Å². The van der Waals surface area contributed by atoms with Crippen molar-refractivity contribution in [3.63, 3.8) is 0 Å². The van der Waals surface area contributed by atoms with Crippen LogP contribution in [-0.4, -0.2) is 19.3 Å². The maximum atomic E-state index is 12.3. The van der Waals surface area contributed by atoms with Crippen molar-refractivity contribution in [2.75, 3.05) is 5.75 Å². The number of aliphatic hydroxyl groups is 1. The van der Waals surface area contributed by atoms with Crippen LogP contribution in [0.3, 0.4) is 0 Å². The minimum atomic E-state index is -4.95. The molecular formula is C9H8F4O3S. The molecule has 0 bridgehead atoms. The first kappa shape index (κ1) is 13.9. The van der Waals surface area contributed by atoms with Crippen molar-refractivity contribution < 1.29 is 30.6 Å². The van der Waals surface area contributed by atoms with Gasteiger partial charge in [0.05, 0.1) is 11.7 Å². The highest BCUT2D eigenvalue weighted by atomic mass is 32.3. The Labute approximate surface area is 94.9 Å². The summed E-state index contributed by atoms with van der Waals surface area (Å²) in [6.07, 6.45) is -6.43. The number of benzene rings is 1. The van der Waals surface area contributed by atoms with Gasteiger partial charge in [-0.2, -0.15) is 21.6 Å². The molecule has 1 rings (SSSR count). The third kappa shape index (κ3) is 4.31. The molecule has 1 atom stereocenters. The number of rotatable bonds is 3. The highest BCUT2D eigenvalue weighted by Crippen LogP contribution is 2.30. The van der Waals surface area contributed by atoms with Gasteiger partial charge >= 0.3 is 16.4 Å². The molecule has 0 saturated carbocycles. The number of halogens is 4. The predicted molar refractivity (Wildman–Crippen MR) is 51.3 cm³/mol. The number of aliphatic hydroxyl groups excluding tert-OH is 1. The van der Waals surface area contributed by atoms with Crippen LogP contribution in [0.25, 0.3) is 0 Å². The molecule has 0 aliphatic rings. The molecule has 0 saturated heterocycles. The summed E-state index contributed by atoms with van der Waals surface area (Å²) in [6, 6.07) is 3.44. The summed E-state index contributed by atoms with van der Waals surface area (Å²) >= 11 is 0. The van der Waals surface area contributed by atoms with Crippen molar-refractivity contribution in [2.45, 2.75) is 12.3 Å². The van der Waals surface area contributed by atoms with Gasteiger partial charge in [-0.15, -0.1) is 3.89 Å². The van der Waals surface area contributed by atoms with Crippen molar-refractivity contribution in [1.82, 2.24) is 0 Å². The van der Waals surface area contributed by atoms with Crippen LogP contribution < -0.4 is 0 Å². The summed E-state index contributed by atoms with van der Waals surface area (Å²) in [5.74, 6) is -1.27. The van der Waals surface area contributed by atoms with Crippen LogP contribution in [0.2, 0.25) is 0 Å². The Hall–Kier alpha value is -1.15. The Balaban J connectivity index is 3.00. The molecule has 0 fully saturated rings. The Morgan fingerprint density at radius 1 is 1.29 bits per heavy atom. The number of hydrogen-bond acceptors (Lipinski definition) is 3. The molecule has 8 heteroatoms. The van der Waals surface area contributed by atoms with Gasteiger partial charge in [-0.25, -0.2) is 0 Å². The second-order valence-corrected chi connectivity index (χ2v) is 4.76. The van der Waals surface area contributed by atoms with Crippen LogP contribution in [0.15, 0.2) is 24.3 Å². The first-order valence-electron chi connectivity index (χ1n) is 4.37. The van der Waals surface area contributed by atoms with E-state index in [9.17, 15) is 30.6 Å². The van der Waals surface area contributed by atoms with E-state index < -0.39 is 33.8 Å². The monoisotopic (exact) mass is 272 g/mol. The maximum absolute atomic E-state index is 12.3. The zero-order valence-electron chi connectivity index (χ0n) is 8.28. The van der Waals surface area contributed by atoms with Gasteiger partial charge in [-0.05, 0) is 17.7 Å². The van der Waals surface area contributed by atoms with Crippen LogP contribution in [0.1, 0.15) is 17.2 Å². The van der Waals surface area contributed by atoms with Crippen LogP contribution in [0.4, 0.5) is 17.1 Å². The Morgan fingerprint density at radius 2 is 1.88 bits per heavy atom. The van der Waals surface area contributed by atoms with Gasteiger partial charge in [0.25, 0.3) is 0 Å². The third-order valence-electron chi connectivity index (χ3n) is 1.96. The van der Waals surface area contributed by atoms with E-state index in [-0.39, 0.29) is 5.56 Å². The van der Waals surface area contributed by atoms with E-state index in [0.29, 0.717) is 6.07 Å². The van der Waals surface area contributed by atoms with Crippen molar-refractivity contribution in [2.24, 2.45) is 0 Å². The van der Waals surface area contributed by atoms with Gasteiger partial charge in [-0.1, -0.05) is 12.1 Å². The lowest BCUT2D eigenvalue weighted by atomic mass is 10.1. The summed E-state index contributed by atoms with van der Waals surface area (Å²) in [6.45, 7) is 0. The first-order valence-corrected chi connectivity index (χ1v) is 5.92. The fourth-order valence-electron chi connectivity index (χ4n) is 1.21. The van der Waals surface area contributed by atoms with Gasteiger partial charge in [0.1, 0.15) is 5.75 Å². The molecule has 96 valence electrons. The second kappa shape index (κ2) is 4.61. The molecule has 0 radical (unpaired) electrons. The standard InChI is InChI=1S/C9H8F4O3S/c10-9(11,12)7-3-1-2-6(4-7)8(14)5-17(13,15)16/h1-4,8,14H,5H2. The van der Waals surface area contributed by atoms with E-state index in [1.54, 1.807) is 0 Å². The van der Waals surface area contributed by atoms with Crippen LogP contribution >= 0.6 is 0 Å². The molecule has 0 aromatic heterocycles. The van der Waals surface area contributed by atoms with E-state index in [0.717, 1.165) is 18.2 Å². The molecule has 0 spiro atoms. The second-order valence-electron chi connectivity index (χ2n) is 3.34. The highest BCUT2D eigenvalue weighted by molar-refractivity contribution is 7.86. The lowest BCUT2D eigenvalue weighted by molar-refractivity contribution is -0.137. The lowest BCUT2D eigenvalue weighted by Crippen LogP contribution is -2.12. The van der Waals surface area contributed by atoms with Crippen LogP contribution in [0, 0.1) is 0 Å². The van der Waals surface area contributed by atoms with E-state index in [4.69, 9.17) is 0 Å². The fraction of sp³-hybridized carbons (Fsp3) is 0.333. The van der Waals surface area contributed by atoms with Crippen molar-refractivity contribution in [1.29, 1.82) is 0 Å². The first-order chi connectivity index (χ1) is 7.59. The molecule has 1 unspecified atom stereocenters. The Kier molecular flexibility index (Phi) is 3.78. The minimum Gasteiger partial charge on any atom is -0.387 e. The topological polar surface area (TPSA) is 54.4 Å². The average molecular weight is 272 g/mol. The summed E-state index contributed by atoms with van der Waals surface area (Å²) in [7, 11) is -4.95. The van der Waals surface area contributed by atoms with Gasteiger partial charge in [0.2, 0.25) is 0 Å². The molecular weight excluding hydrogens is 264 g/mol. The van der Waals surface area contributed by atoms with E-state index >= 15 is 0 Å². The summed E-state index contributed by atoms with van der Waals surface area (Å²) < 4.78 is 69.6. The maximum Gasteiger partial charge on any atom is 0.416 e. The number of hydrogen-bond donors (Lipinski definition) is 1. The van der Waals surface area contributed by atoms with Crippen molar-refractivity contribution in [3.05, 3.63) is 35.4 Å². The van der Waals surface area contributed by atoms with Crippen LogP contribution in [-0.2, 0) is 16.4 Å².